The van der Waals surface area contributed by atoms with Gasteiger partial charge in [0.1, 0.15) is 7.40 Å². The molecule has 0 aliphatic rings. The van der Waals surface area contributed by atoms with Gasteiger partial charge < -0.3 is 9.72 Å². The van der Waals surface area contributed by atoms with E-state index >= 15 is 0 Å². The van der Waals surface area contributed by atoms with E-state index in [1.807, 2.05) is 22.6 Å². The number of aromatic nitrogens is 2. The van der Waals surface area contributed by atoms with Crippen molar-refractivity contribution in [2.75, 3.05) is 6.61 Å². The Morgan fingerprint density at radius 3 is 2.75 bits per heavy atom. The molecule has 1 N–H and O–H groups in total. The number of hydrogen-bond acceptors (Lipinski definition) is 3. The minimum Gasteiger partial charge on any atom is -0.460 e. The number of halogens is 2. The lowest BCUT2D eigenvalue weighted by Crippen LogP contribution is -2.06. The molecule has 0 spiro atoms. The van der Waals surface area contributed by atoms with Gasteiger partial charge in [0.15, 0.2) is 0 Å². The molecule has 6 heteroatoms. The quantitative estimate of drug-likeness (QED) is 0.617. The second kappa shape index (κ2) is 4.40. The number of carbonyl (C=O) groups excluding carboxylic acids is 1. The van der Waals surface area contributed by atoms with Crippen LogP contribution < -0.4 is 0 Å². The van der Waals surface area contributed by atoms with Crippen molar-refractivity contribution in [1.82, 2.24) is 9.97 Å². The van der Waals surface area contributed by atoms with Gasteiger partial charge >= 0.3 is 5.97 Å². The van der Waals surface area contributed by atoms with Gasteiger partial charge in [-0.3, -0.25) is 0 Å². The predicted octanol–water partition coefficient (Wildman–Crippen LogP) is 1.80. The Morgan fingerprint density at radius 2 is 2.33 bits per heavy atom. The number of esters is 1. The summed E-state index contributed by atoms with van der Waals surface area (Å²) in [5.41, 5.74) is 0. The van der Waals surface area contributed by atoms with Crippen molar-refractivity contribution >= 4 is 51.2 Å². The number of aromatic amines is 1. The largest absolute Gasteiger partial charge is 0.460 e. The van der Waals surface area contributed by atoms with Crippen LogP contribution in [0.25, 0.3) is 0 Å². The molecule has 0 radical (unpaired) electrons. The van der Waals surface area contributed by atoms with Crippen LogP contribution in [0.15, 0.2) is 0 Å². The summed E-state index contributed by atoms with van der Waals surface area (Å²) in [5.74, 6) is -0.135. The molecule has 1 heterocycles. The van der Waals surface area contributed by atoms with Crippen molar-refractivity contribution in [2.45, 2.75) is 6.92 Å². The summed E-state index contributed by atoms with van der Waals surface area (Å²) in [6.45, 7) is 2.13. The molecule has 1 rings (SSSR count). The number of rotatable bonds is 2. The summed E-state index contributed by atoms with van der Waals surface area (Å²) < 4.78 is 6.40. The van der Waals surface area contributed by atoms with Crippen molar-refractivity contribution in [3.8, 4) is 0 Å². The van der Waals surface area contributed by atoms with Gasteiger partial charge in [0.25, 0.3) is 0 Å². The predicted molar refractivity (Wildman–Crippen MR) is 60.0 cm³/mol. The monoisotopic (exact) mass is 392 g/mol. The van der Waals surface area contributed by atoms with Crippen molar-refractivity contribution < 1.29 is 9.53 Å². The van der Waals surface area contributed by atoms with Crippen LogP contribution in [0, 0.1) is 7.40 Å². The molecule has 1 aromatic rings. The molecule has 0 unspecified atom stereocenters. The van der Waals surface area contributed by atoms with Crippen molar-refractivity contribution in [1.29, 1.82) is 0 Å². The van der Waals surface area contributed by atoms with E-state index < -0.39 is 5.97 Å². The third-order valence-electron chi connectivity index (χ3n) is 1.09. The van der Waals surface area contributed by atoms with Gasteiger partial charge in [0, 0.05) is 0 Å². The first-order valence-corrected chi connectivity index (χ1v) is 5.39. The molecular weight excluding hydrogens is 386 g/mol. The molecule has 0 bridgehead atoms. The number of ether oxygens (including phenoxy) is 1. The van der Waals surface area contributed by atoms with Crippen molar-refractivity contribution in [2.24, 2.45) is 0 Å². The van der Waals surface area contributed by atoms with Gasteiger partial charge in [-0.05, 0) is 52.1 Å². The molecule has 0 aliphatic heterocycles. The number of H-pyrrole nitrogens is 1. The van der Waals surface area contributed by atoms with E-state index in [4.69, 9.17) is 4.74 Å². The van der Waals surface area contributed by atoms with E-state index in [0.717, 1.165) is 7.40 Å². The maximum absolute atomic E-state index is 11.1. The molecule has 0 aliphatic carbocycles. The standard InChI is InChI=1S/C6H6I2N2O2/c1-2-12-6(11)5-9-3(7)4(8)10-5/h2H2,1H3,(H,9,10). The fraction of sp³-hybridized carbons (Fsp3) is 0.333. The Kier molecular flexibility index (Phi) is 3.75. The number of nitrogens with zero attached hydrogens (tertiary/aromatic N) is 1. The van der Waals surface area contributed by atoms with Gasteiger partial charge in [-0.1, -0.05) is 0 Å². The second-order valence-electron chi connectivity index (χ2n) is 1.91. The fourth-order valence-corrected chi connectivity index (χ4v) is 1.38. The molecule has 1 aromatic heterocycles. The summed E-state index contributed by atoms with van der Waals surface area (Å²) in [6.07, 6.45) is 0. The zero-order valence-corrected chi connectivity index (χ0v) is 10.5. The fourth-order valence-electron chi connectivity index (χ4n) is 0.627. The number of hydrogen-bond donors (Lipinski definition) is 1. The Bertz CT molecular complexity index is 278. The average molecular weight is 392 g/mol. The molecule has 0 atom stereocenters. The van der Waals surface area contributed by atoms with Crippen LogP contribution in [0.1, 0.15) is 17.5 Å². The summed E-state index contributed by atoms with van der Waals surface area (Å²) in [4.78, 5) is 17.9. The normalized spacial score (nSPS) is 9.92. The number of nitrogens with one attached hydrogen (secondary N) is 1. The molecule has 0 aromatic carbocycles. The number of carbonyl (C=O) groups is 1. The highest BCUT2D eigenvalue weighted by atomic mass is 127. The van der Waals surface area contributed by atoms with E-state index in [0.29, 0.717) is 6.61 Å². The highest BCUT2D eigenvalue weighted by Gasteiger charge is 2.13. The Balaban J connectivity index is 2.82. The smallest absolute Gasteiger partial charge is 0.374 e. The summed E-state index contributed by atoms with van der Waals surface area (Å²) >= 11 is 4.12. The van der Waals surface area contributed by atoms with Gasteiger partial charge in [-0.15, -0.1) is 0 Å². The first kappa shape index (κ1) is 10.2. The topological polar surface area (TPSA) is 55.0 Å². The Labute approximate surface area is 96.8 Å². The maximum Gasteiger partial charge on any atom is 0.374 e. The summed E-state index contributed by atoms with van der Waals surface area (Å²) in [5, 5.41) is 0. The van der Waals surface area contributed by atoms with Crippen molar-refractivity contribution in [3.05, 3.63) is 13.2 Å². The van der Waals surface area contributed by atoms with E-state index in [1.165, 1.54) is 0 Å². The summed E-state index contributed by atoms with van der Waals surface area (Å²) in [6, 6.07) is 0. The van der Waals surface area contributed by atoms with Crippen LogP contribution in [-0.4, -0.2) is 22.5 Å². The van der Waals surface area contributed by atoms with E-state index in [2.05, 4.69) is 32.6 Å². The third kappa shape index (κ3) is 2.31. The van der Waals surface area contributed by atoms with Gasteiger partial charge in [0.05, 0.1) is 6.61 Å². The molecule has 66 valence electrons. The highest BCUT2D eigenvalue weighted by molar-refractivity contribution is 14.1. The molecular formula is C6H6I2N2O2. The van der Waals surface area contributed by atoms with Crippen molar-refractivity contribution in [3.63, 3.8) is 0 Å². The second-order valence-corrected chi connectivity index (χ2v) is 4.01. The average Bonchev–Trinajstić information content (AvgIpc) is 2.33. The van der Waals surface area contributed by atoms with Crippen LogP contribution in [0.4, 0.5) is 0 Å². The maximum atomic E-state index is 11.1. The van der Waals surface area contributed by atoms with Crippen LogP contribution in [0.2, 0.25) is 0 Å². The minimum atomic E-state index is -0.404. The van der Waals surface area contributed by atoms with Gasteiger partial charge in [-0.2, -0.15) is 0 Å². The van der Waals surface area contributed by atoms with Crippen LogP contribution in [-0.2, 0) is 4.74 Å². The van der Waals surface area contributed by atoms with E-state index in [9.17, 15) is 4.79 Å². The molecule has 12 heavy (non-hydrogen) atoms. The van der Waals surface area contributed by atoms with Crippen LogP contribution in [0.3, 0.4) is 0 Å². The lowest BCUT2D eigenvalue weighted by Gasteiger charge is -1.95. The molecule has 4 nitrogen and oxygen atoms in total. The zero-order chi connectivity index (χ0) is 9.14. The van der Waals surface area contributed by atoms with Crippen LogP contribution in [0.5, 0.6) is 0 Å². The minimum absolute atomic E-state index is 0.269. The van der Waals surface area contributed by atoms with E-state index in [1.54, 1.807) is 6.92 Å². The lowest BCUT2D eigenvalue weighted by atomic mass is 10.6. The summed E-state index contributed by atoms with van der Waals surface area (Å²) in [7, 11) is 0. The molecule has 0 amide bonds. The van der Waals surface area contributed by atoms with Gasteiger partial charge in [-0.25, -0.2) is 9.78 Å². The van der Waals surface area contributed by atoms with E-state index in [-0.39, 0.29) is 5.82 Å². The molecule has 0 fully saturated rings. The Morgan fingerprint density at radius 1 is 1.67 bits per heavy atom. The lowest BCUT2D eigenvalue weighted by molar-refractivity contribution is 0.0513. The molecule has 0 saturated carbocycles. The Hall–Kier alpha value is 0.140. The van der Waals surface area contributed by atoms with Gasteiger partial charge in [0.2, 0.25) is 5.82 Å². The first-order chi connectivity index (χ1) is 5.65. The zero-order valence-electron chi connectivity index (χ0n) is 6.23. The SMILES string of the molecule is CCOC(=O)c1nc(I)c(I)[nH]1. The first-order valence-electron chi connectivity index (χ1n) is 3.23. The highest BCUT2D eigenvalue weighted by Crippen LogP contribution is 2.11. The number of imidazole rings is 1. The third-order valence-corrected chi connectivity index (χ3v) is 3.68. The van der Waals surface area contributed by atoms with Crippen LogP contribution >= 0.6 is 45.2 Å². The molecule has 0 saturated heterocycles.